The lowest BCUT2D eigenvalue weighted by atomic mass is 10.3. The number of hydrogen-bond acceptors (Lipinski definition) is 2. The standard InChI is InChI=1S/C11H12ClN3O/c1-8(7-13)14-11(16)15(2)10-5-3-4-9(12)6-10/h3-6,8H,1-2H3,(H,14,16)/t8-/m0/s1. The normalized spacial score (nSPS) is 11.4. The zero-order chi connectivity index (χ0) is 12.1. The van der Waals surface area contributed by atoms with Crippen LogP contribution >= 0.6 is 11.6 Å². The van der Waals surface area contributed by atoms with Gasteiger partial charge in [0.05, 0.1) is 6.07 Å². The molecule has 0 spiro atoms. The van der Waals surface area contributed by atoms with Crippen molar-refractivity contribution in [3.05, 3.63) is 29.3 Å². The van der Waals surface area contributed by atoms with Crippen LogP contribution in [-0.2, 0) is 0 Å². The Hall–Kier alpha value is -1.73. The molecule has 0 aliphatic carbocycles. The number of nitriles is 1. The molecule has 0 aromatic heterocycles. The third kappa shape index (κ3) is 3.14. The molecule has 0 saturated heterocycles. The van der Waals surface area contributed by atoms with E-state index in [0.29, 0.717) is 10.7 Å². The molecule has 4 nitrogen and oxygen atoms in total. The fourth-order valence-electron chi connectivity index (χ4n) is 1.12. The zero-order valence-electron chi connectivity index (χ0n) is 9.07. The molecule has 2 amide bonds. The van der Waals surface area contributed by atoms with Crippen LogP contribution < -0.4 is 10.2 Å². The van der Waals surface area contributed by atoms with Crippen molar-refractivity contribution in [2.45, 2.75) is 13.0 Å². The van der Waals surface area contributed by atoms with Crippen LogP contribution in [0.25, 0.3) is 0 Å². The maximum atomic E-state index is 11.6. The van der Waals surface area contributed by atoms with E-state index in [4.69, 9.17) is 16.9 Å². The van der Waals surface area contributed by atoms with Crippen LogP contribution in [-0.4, -0.2) is 19.1 Å². The van der Waals surface area contributed by atoms with E-state index in [9.17, 15) is 4.79 Å². The Morgan fingerprint density at radius 2 is 2.31 bits per heavy atom. The lowest BCUT2D eigenvalue weighted by molar-refractivity contribution is 0.246. The molecular formula is C11H12ClN3O. The minimum atomic E-state index is -0.519. The van der Waals surface area contributed by atoms with Crippen LogP contribution in [0.4, 0.5) is 10.5 Å². The van der Waals surface area contributed by atoms with Gasteiger partial charge in [-0.1, -0.05) is 17.7 Å². The largest absolute Gasteiger partial charge is 0.322 e. The summed E-state index contributed by atoms with van der Waals surface area (Å²) in [6.07, 6.45) is 0. The quantitative estimate of drug-likeness (QED) is 0.859. The highest BCUT2D eigenvalue weighted by atomic mass is 35.5. The van der Waals surface area contributed by atoms with Crippen molar-refractivity contribution >= 4 is 23.3 Å². The maximum absolute atomic E-state index is 11.6. The van der Waals surface area contributed by atoms with Crippen LogP contribution in [0.2, 0.25) is 5.02 Å². The molecule has 0 aliphatic heterocycles. The van der Waals surface area contributed by atoms with Crippen molar-refractivity contribution in [2.75, 3.05) is 11.9 Å². The van der Waals surface area contributed by atoms with E-state index < -0.39 is 6.04 Å². The second kappa shape index (κ2) is 5.38. The molecule has 5 heteroatoms. The molecule has 16 heavy (non-hydrogen) atoms. The van der Waals surface area contributed by atoms with Crippen molar-refractivity contribution in [2.24, 2.45) is 0 Å². The number of carbonyl (C=O) groups excluding carboxylic acids is 1. The number of hydrogen-bond donors (Lipinski definition) is 1. The first-order valence-corrected chi connectivity index (χ1v) is 5.12. The summed E-state index contributed by atoms with van der Waals surface area (Å²) in [5.41, 5.74) is 0.676. The highest BCUT2D eigenvalue weighted by Gasteiger charge is 2.12. The van der Waals surface area contributed by atoms with Crippen LogP contribution in [0.5, 0.6) is 0 Å². The lowest BCUT2D eigenvalue weighted by Gasteiger charge is -2.19. The van der Waals surface area contributed by atoms with Crippen molar-refractivity contribution in [1.29, 1.82) is 5.26 Å². The molecule has 1 atom stereocenters. The average molecular weight is 238 g/mol. The smallest absolute Gasteiger partial charge is 0.322 e. The molecule has 1 aromatic carbocycles. The topological polar surface area (TPSA) is 56.1 Å². The molecule has 84 valence electrons. The number of nitrogens with zero attached hydrogens (tertiary/aromatic N) is 2. The fraction of sp³-hybridized carbons (Fsp3) is 0.273. The summed E-state index contributed by atoms with van der Waals surface area (Å²) in [7, 11) is 1.62. The summed E-state index contributed by atoms with van der Waals surface area (Å²) in [6, 6.07) is 8.01. The molecule has 1 N–H and O–H groups in total. The predicted octanol–water partition coefficient (Wildman–Crippen LogP) is 2.40. The van der Waals surface area contributed by atoms with Gasteiger partial charge in [0.15, 0.2) is 0 Å². The average Bonchev–Trinajstić information content (AvgIpc) is 2.27. The SMILES string of the molecule is C[C@@H](C#N)NC(=O)N(C)c1cccc(Cl)c1. The van der Waals surface area contributed by atoms with Crippen molar-refractivity contribution in [1.82, 2.24) is 5.32 Å². The number of carbonyl (C=O) groups is 1. The van der Waals surface area contributed by atoms with Crippen molar-refractivity contribution in [3.8, 4) is 6.07 Å². The summed E-state index contributed by atoms with van der Waals surface area (Å²) in [5.74, 6) is 0. The summed E-state index contributed by atoms with van der Waals surface area (Å²) in [6.45, 7) is 1.61. The molecule has 0 saturated carbocycles. The molecule has 0 unspecified atom stereocenters. The van der Waals surface area contributed by atoms with Crippen molar-refractivity contribution < 1.29 is 4.79 Å². The van der Waals surface area contributed by atoms with E-state index in [1.54, 1.807) is 38.2 Å². The molecular weight excluding hydrogens is 226 g/mol. The highest BCUT2D eigenvalue weighted by molar-refractivity contribution is 6.30. The second-order valence-corrected chi connectivity index (χ2v) is 3.78. The minimum Gasteiger partial charge on any atom is -0.322 e. The molecule has 0 aliphatic rings. The number of benzene rings is 1. The summed E-state index contributed by atoms with van der Waals surface area (Å²) in [5, 5.41) is 11.7. The minimum absolute atomic E-state index is 0.337. The van der Waals surface area contributed by atoms with Gasteiger partial charge in [-0.05, 0) is 25.1 Å². The van der Waals surface area contributed by atoms with Gasteiger partial charge in [0.2, 0.25) is 0 Å². The third-order valence-electron chi connectivity index (χ3n) is 2.03. The van der Waals surface area contributed by atoms with Gasteiger partial charge in [-0.3, -0.25) is 4.90 Å². The monoisotopic (exact) mass is 237 g/mol. The highest BCUT2D eigenvalue weighted by Crippen LogP contribution is 2.18. The Labute approximate surface area is 99.4 Å². The zero-order valence-corrected chi connectivity index (χ0v) is 9.82. The van der Waals surface area contributed by atoms with Gasteiger partial charge in [0.1, 0.15) is 6.04 Å². The van der Waals surface area contributed by atoms with Gasteiger partial charge in [-0.2, -0.15) is 5.26 Å². The van der Waals surface area contributed by atoms with E-state index in [1.807, 2.05) is 6.07 Å². The Balaban J connectivity index is 2.75. The molecule has 0 heterocycles. The first kappa shape index (κ1) is 12.3. The van der Waals surface area contributed by atoms with E-state index in [2.05, 4.69) is 5.32 Å². The lowest BCUT2D eigenvalue weighted by Crippen LogP contribution is -2.41. The maximum Gasteiger partial charge on any atom is 0.322 e. The number of rotatable bonds is 2. The van der Waals surface area contributed by atoms with Crippen LogP contribution in [0.3, 0.4) is 0 Å². The van der Waals surface area contributed by atoms with Crippen LogP contribution in [0.15, 0.2) is 24.3 Å². The van der Waals surface area contributed by atoms with Gasteiger partial charge in [0, 0.05) is 17.8 Å². The summed E-state index contributed by atoms with van der Waals surface area (Å²) < 4.78 is 0. The number of amides is 2. The molecule has 0 fully saturated rings. The third-order valence-corrected chi connectivity index (χ3v) is 2.27. The first-order valence-electron chi connectivity index (χ1n) is 4.74. The van der Waals surface area contributed by atoms with Crippen LogP contribution in [0.1, 0.15) is 6.92 Å². The number of urea groups is 1. The Morgan fingerprint density at radius 3 is 2.88 bits per heavy atom. The van der Waals surface area contributed by atoms with Gasteiger partial charge >= 0.3 is 6.03 Å². The van der Waals surface area contributed by atoms with Gasteiger partial charge in [0.25, 0.3) is 0 Å². The molecule has 0 radical (unpaired) electrons. The number of anilines is 1. The van der Waals surface area contributed by atoms with Gasteiger partial charge in [-0.25, -0.2) is 4.79 Å². The molecule has 1 aromatic rings. The second-order valence-electron chi connectivity index (χ2n) is 3.34. The first-order chi connectivity index (χ1) is 7.54. The van der Waals surface area contributed by atoms with E-state index in [0.717, 1.165) is 0 Å². The van der Waals surface area contributed by atoms with Crippen LogP contribution in [0, 0.1) is 11.3 Å². The van der Waals surface area contributed by atoms with E-state index in [-0.39, 0.29) is 6.03 Å². The summed E-state index contributed by atoms with van der Waals surface area (Å²) >= 11 is 5.82. The Kier molecular flexibility index (Phi) is 4.15. The Morgan fingerprint density at radius 1 is 1.62 bits per heavy atom. The van der Waals surface area contributed by atoms with E-state index in [1.165, 1.54) is 4.90 Å². The van der Waals surface area contributed by atoms with Gasteiger partial charge in [-0.15, -0.1) is 0 Å². The Bertz CT molecular complexity index is 427. The molecule has 1 rings (SSSR count). The van der Waals surface area contributed by atoms with Gasteiger partial charge < -0.3 is 5.32 Å². The summed E-state index contributed by atoms with van der Waals surface area (Å²) in [4.78, 5) is 13.0. The predicted molar refractivity (Wildman–Crippen MR) is 63.5 cm³/mol. The number of halogens is 1. The van der Waals surface area contributed by atoms with E-state index >= 15 is 0 Å². The fourth-order valence-corrected chi connectivity index (χ4v) is 1.30. The number of nitrogens with one attached hydrogen (secondary N) is 1. The van der Waals surface area contributed by atoms with Crippen molar-refractivity contribution in [3.63, 3.8) is 0 Å². The molecule has 0 bridgehead atoms.